The first-order valence-corrected chi connectivity index (χ1v) is 10.1. The van der Waals surface area contributed by atoms with Crippen molar-refractivity contribution < 1.29 is 14.5 Å². The van der Waals surface area contributed by atoms with Crippen molar-refractivity contribution in [3.05, 3.63) is 81.0 Å². The van der Waals surface area contributed by atoms with Crippen LogP contribution in [0.1, 0.15) is 50.2 Å². The van der Waals surface area contributed by atoms with E-state index in [4.69, 9.17) is 0 Å². The Balaban J connectivity index is 1.85. The fourth-order valence-corrected chi connectivity index (χ4v) is 4.52. The predicted octanol–water partition coefficient (Wildman–Crippen LogP) is 5.07. The Labute approximate surface area is 175 Å². The van der Waals surface area contributed by atoms with Crippen molar-refractivity contribution in [1.29, 1.82) is 0 Å². The van der Waals surface area contributed by atoms with Crippen LogP contribution in [0.2, 0.25) is 0 Å². The zero-order valence-electron chi connectivity index (χ0n) is 17.3. The van der Waals surface area contributed by atoms with Crippen molar-refractivity contribution in [1.82, 2.24) is 0 Å². The molecule has 0 fully saturated rings. The van der Waals surface area contributed by atoms with E-state index in [-0.39, 0.29) is 35.1 Å². The lowest BCUT2D eigenvalue weighted by Gasteiger charge is -2.43. The third-order valence-corrected chi connectivity index (χ3v) is 5.94. The second-order valence-corrected chi connectivity index (χ2v) is 8.97. The van der Waals surface area contributed by atoms with Gasteiger partial charge in [0, 0.05) is 47.8 Å². The van der Waals surface area contributed by atoms with Gasteiger partial charge in [0.2, 0.25) is 5.91 Å². The van der Waals surface area contributed by atoms with Gasteiger partial charge in [0.05, 0.1) is 4.92 Å². The van der Waals surface area contributed by atoms with E-state index in [1.807, 2.05) is 45.0 Å². The molecule has 1 heterocycles. The highest BCUT2D eigenvalue weighted by atomic mass is 16.6. The first-order valence-electron chi connectivity index (χ1n) is 10.1. The molecule has 0 spiro atoms. The fourth-order valence-electron chi connectivity index (χ4n) is 4.52. The Morgan fingerprint density at radius 1 is 1.00 bits per heavy atom. The molecule has 4 rings (SSSR count). The van der Waals surface area contributed by atoms with Gasteiger partial charge in [-0.1, -0.05) is 43.7 Å². The summed E-state index contributed by atoms with van der Waals surface area (Å²) in [4.78, 5) is 38.7. The highest BCUT2D eigenvalue weighted by molar-refractivity contribution is 6.07. The van der Waals surface area contributed by atoms with Crippen LogP contribution in [-0.2, 0) is 9.59 Å². The first-order chi connectivity index (χ1) is 14.2. The van der Waals surface area contributed by atoms with E-state index in [9.17, 15) is 19.7 Å². The summed E-state index contributed by atoms with van der Waals surface area (Å²) < 4.78 is 0. The Kier molecular flexibility index (Phi) is 4.80. The lowest BCUT2D eigenvalue weighted by molar-refractivity contribution is -0.384. The summed E-state index contributed by atoms with van der Waals surface area (Å²) in [6, 6.07) is 13.9. The van der Waals surface area contributed by atoms with Crippen LogP contribution in [0.15, 0.2) is 59.8 Å². The number of non-ortho nitro benzene ring substituents is 1. The van der Waals surface area contributed by atoms with Crippen molar-refractivity contribution in [2.75, 3.05) is 4.90 Å². The monoisotopic (exact) mass is 404 g/mol. The van der Waals surface area contributed by atoms with Crippen molar-refractivity contribution in [3.63, 3.8) is 0 Å². The quantitative estimate of drug-likeness (QED) is 0.528. The zero-order valence-corrected chi connectivity index (χ0v) is 17.3. The number of anilines is 1. The van der Waals surface area contributed by atoms with Gasteiger partial charge in [-0.2, -0.15) is 0 Å². The molecular weight excluding hydrogens is 380 g/mol. The second-order valence-electron chi connectivity index (χ2n) is 8.97. The Morgan fingerprint density at radius 2 is 1.63 bits per heavy atom. The summed E-state index contributed by atoms with van der Waals surface area (Å²) in [5, 5.41) is 11.0. The summed E-state index contributed by atoms with van der Waals surface area (Å²) in [6.45, 7) is 6.07. The normalized spacial score (nSPS) is 20.9. The summed E-state index contributed by atoms with van der Waals surface area (Å²) in [7, 11) is 0. The van der Waals surface area contributed by atoms with Crippen LogP contribution in [-0.4, -0.2) is 16.6 Å². The van der Waals surface area contributed by atoms with E-state index in [0.29, 0.717) is 24.1 Å². The molecule has 2 aromatic carbocycles. The van der Waals surface area contributed by atoms with Crippen molar-refractivity contribution in [2.24, 2.45) is 5.41 Å². The number of carbonyl (C=O) groups is 2. The number of nitro benzene ring substituents is 1. The van der Waals surface area contributed by atoms with E-state index in [2.05, 4.69) is 0 Å². The molecule has 2 aliphatic rings. The smallest absolute Gasteiger partial charge is 0.269 e. The molecule has 0 radical (unpaired) electrons. The van der Waals surface area contributed by atoms with Crippen LogP contribution in [0, 0.1) is 22.5 Å². The molecule has 2 aromatic rings. The number of ketones is 1. The molecule has 0 saturated carbocycles. The number of nitrogens with zero attached hydrogens (tertiary/aromatic N) is 2. The van der Waals surface area contributed by atoms with Crippen molar-refractivity contribution in [3.8, 4) is 0 Å². The highest BCUT2D eigenvalue weighted by Gasteiger charge is 2.44. The van der Waals surface area contributed by atoms with Gasteiger partial charge in [-0.05, 0) is 36.5 Å². The number of aryl methyl sites for hydroxylation is 1. The topological polar surface area (TPSA) is 80.5 Å². The molecule has 0 N–H and O–H groups in total. The van der Waals surface area contributed by atoms with E-state index < -0.39 is 4.92 Å². The maximum Gasteiger partial charge on any atom is 0.269 e. The van der Waals surface area contributed by atoms with Crippen LogP contribution in [0.5, 0.6) is 0 Å². The van der Waals surface area contributed by atoms with Crippen LogP contribution in [0.25, 0.3) is 0 Å². The number of rotatable bonds is 3. The molecule has 6 nitrogen and oxygen atoms in total. The second kappa shape index (κ2) is 7.20. The van der Waals surface area contributed by atoms with E-state index >= 15 is 0 Å². The lowest BCUT2D eigenvalue weighted by Crippen LogP contribution is -2.43. The van der Waals surface area contributed by atoms with Crippen LogP contribution < -0.4 is 4.90 Å². The molecule has 1 atom stereocenters. The molecule has 1 unspecified atom stereocenters. The standard InChI is InChI=1S/C24H24N2O4/c1-15-4-6-16(7-5-15)19-12-22(28)25(17-8-10-18(11-9-17)26(29)30)20-13-24(2,3)14-21(27)23(19)20/h4-11,19H,12-14H2,1-3H3. The predicted molar refractivity (Wildman–Crippen MR) is 114 cm³/mol. The number of nitro groups is 1. The summed E-state index contributed by atoms with van der Waals surface area (Å²) in [5.74, 6) is -0.282. The van der Waals surface area contributed by atoms with E-state index in [1.165, 1.54) is 12.1 Å². The van der Waals surface area contributed by atoms with Crippen LogP contribution in [0.3, 0.4) is 0 Å². The lowest BCUT2D eigenvalue weighted by atomic mass is 9.69. The minimum atomic E-state index is -0.465. The Morgan fingerprint density at radius 3 is 2.23 bits per heavy atom. The molecule has 1 aliphatic heterocycles. The zero-order chi connectivity index (χ0) is 21.6. The third kappa shape index (κ3) is 3.54. The van der Waals surface area contributed by atoms with E-state index in [1.54, 1.807) is 17.0 Å². The molecule has 0 aromatic heterocycles. The van der Waals surface area contributed by atoms with Gasteiger partial charge in [-0.3, -0.25) is 24.6 Å². The third-order valence-electron chi connectivity index (χ3n) is 5.94. The minimum Gasteiger partial charge on any atom is -0.294 e. The van der Waals surface area contributed by atoms with Crippen LogP contribution in [0.4, 0.5) is 11.4 Å². The number of hydrogen-bond donors (Lipinski definition) is 0. The number of carbonyl (C=O) groups excluding carboxylic acids is 2. The minimum absolute atomic E-state index is 0.0324. The number of Topliss-reactive ketones (excluding diaryl/α,β-unsaturated/α-hetero) is 1. The average molecular weight is 404 g/mol. The molecule has 30 heavy (non-hydrogen) atoms. The van der Waals surface area contributed by atoms with Gasteiger partial charge in [0.25, 0.3) is 5.69 Å². The first kappa shape index (κ1) is 20.0. The largest absolute Gasteiger partial charge is 0.294 e. The fraction of sp³-hybridized carbons (Fsp3) is 0.333. The SMILES string of the molecule is Cc1ccc(C2CC(=O)N(c3ccc([N+](=O)[O-])cc3)C3=C2C(=O)CC(C)(C)C3)cc1. The number of allylic oxidation sites excluding steroid dienone is 2. The number of hydrogen-bond acceptors (Lipinski definition) is 4. The van der Waals surface area contributed by atoms with Crippen molar-refractivity contribution in [2.45, 2.75) is 46.0 Å². The van der Waals surface area contributed by atoms with Crippen LogP contribution >= 0.6 is 0 Å². The van der Waals surface area contributed by atoms with Crippen molar-refractivity contribution >= 4 is 23.1 Å². The van der Waals surface area contributed by atoms with Gasteiger partial charge in [0.15, 0.2) is 5.78 Å². The Bertz CT molecular complexity index is 1070. The van der Waals surface area contributed by atoms with Gasteiger partial charge < -0.3 is 0 Å². The van der Waals surface area contributed by atoms with Gasteiger partial charge in [0.1, 0.15) is 0 Å². The molecular formula is C24H24N2O4. The maximum atomic E-state index is 13.3. The maximum absolute atomic E-state index is 13.3. The molecule has 6 heteroatoms. The Hall–Kier alpha value is -3.28. The van der Waals surface area contributed by atoms with Gasteiger partial charge in [-0.15, -0.1) is 0 Å². The molecule has 0 saturated heterocycles. The summed E-state index contributed by atoms with van der Waals surface area (Å²) >= 11 is 0. The summed E-state index contributed by atoms with van der Waals surface area (Å²) in [6.07, 6.45) is 1.24. The van der Waals surface area contributed by atoms with Gasteiger partial charge >= 0.3 is 0 Å². The van der Waals surface area contributed by atoms with Gasteiger partial charge in [-0.25, -0.2) is 0 Å². The molecule has 154 valence electrons. The summed E-state index contributed by atoms with van der Waals surface area (Å²) in [5.41, 5.74) is 3.80. The molecule has 1 aliphatic carbocycles. The average Bonchev–Trinajstić information content (AvgIpc) is 2.67. The number of amides is 1. The van der Waals surface area contributed by atoms with E-state index in [0.717, 1.165) is 16.8 Å². The highest BCUT2D eigenvalue weighted by Crippen LogP contribution is 2.48. The molecule has 1 amide bonds. The molecule has 0 bridgehead atoms. The number of benzene rings is 2.